The van der Waals surface area contributed by atoms with Crippen LogP contribution in [0.25, 0.3) is 0 Å². The second-order valence-corrected chi connectivity index (χ2v) is 8.04. The zero-order valence-corrected chi connectivity index (χ0v) is 12.5. The van der Waals surface area contributed by atoms with Crippen molar-refractivity contribution in [2.75, 3.05) is 6.54 Å². The number of rotatable bonds is 4. The van der Waals surface area contributed by atoms with E-state index < -0.39 is 0 Å². The fraction of sp³-hybridized carbons (Fsp3) is 0.867. The standard InChI is InChI=1S/C15H23N3S/c1-2-16-9-13-17-18-14(19-13)15-6-10-3-11(7-15)5-12(4-10)8-15/h10-12,16H,2-9H2,1H3. The molecule has 1 aromatic heterocycles. The van der Waals surface area contributed by atoms with Gasteiger partial charge in [0.05, 0.1) is 0 Å². The molecule has 4 saturated carbocycles. The van der Waals surface area contributed by atoms with E-state index in [0.717, 1.165) is 30.8 Å². The van der Waals surface area contributed by atoms with Crippen LogP contribution in [0.5, 0.6) is 0 Å². The molecule has 0 aliphatic heterocycles. The molecule has 5 rings (SSSR count). The van der Waals surface area contributed by atoms with Gasteiger partial charge in [0.15, 0.2) is 0 Å². The van der Waals surface area contributed by atoms with Gasteiger partial charge >= 0.3 is 0 Å². The quantitative estimate of drug-likeness (QED) is 0.919. The van der Waals surface area contributed by atoms with Crippen LogP contribution >= 0.6 is 11.3 Å². The van der Waals surface area contributed by atoms with Crippen molar-refractivity contribution in [1.29, 1.82) is 0 Å². The van der Waals surface area contributed by atoms with Crippen LogP contribution < -0.4 is 5.32 Å². The third-order valence-corrected chi connectivity index (χ3v) is 6.65. The first-order valence-electron chi connectivity index (χ1n) is 7.81. The van der Waals surface area contributed by atoms with Crippen LogP contribution in [0.1, 0.15) is 55.5 Å². The molecule has 1 heterocycles. The topological polar surface area (TPSA) is 37.8 Å². The second kappa shape index (κ2) is 4.52. The SMILES string of the molecule is CCNCc1nnc(C23CC4CC(CC(C4)C2)C3)s1. The maximum absolute atomic E-state index is 4.59. The molecule has 0 amide bonds. The van der Waals surface area contributed by atoms with Gasteiger partial charge in [-0.15, -0.1) is 10.2 Å². The van der Waals surface area contributed by atoms with Crippen molar-refractivity contribution in [2.24, 2.45) is 17.8 Å². The van der Waals surface area contributed by atoms with Crippen molar-refractivity contribution in [3.63, 3.8) is 0 Å². The molecule has 1 N–H and O–H groups in total. The van der Waals surface area contributed by atoms with Gasteiger partial charge in [-0.25, -0.2) is 0 Å². The third kappa shape index (κ3) is 2.04. The minimum Gasteiger partial charge on any atom is -0.311 e. The predicted molar refractivity (Wildman–Crippen MR) is 77.1 cm³/mol. The Kier molecular flexibility index (Phi) is 2.92. The molecule has 4 bridgehead atoms. The van der Waals surface area contributed by atoms with E-state index in [1.54, 1.807) is 0 Å². The van der Waals surface area contributed by atoms with Gasteiger partial charge in [-0.1, -0.05) is 18.3 Å². The minimum absolute atomic E-state index is 0.427. The van der Waals surface area contributed by atoms with Gasteiger partial charge < -0.3 is 5.32 Å². The highest BCUT2D eigenvalue weighted by molar-refractivity contribution is 7.11. The Morgan fingerprint density at radius 2 is 1.74 bits per heavy atom. The average Bonchev–Trinajstić information content (AvgIpc) is 2.84. The molecule has 4 aliphatic carbocycles. The molecule has 0 atom stereocenters. The van der Waals surface area contributed by atoms with Crippen molar-refractivity contribution in [3.8, 4) is 0 Å². The number of nitrogens with one attached hydrogen (secondary N) is 1. The number of hydrogen-bond donors (Lipinski definition) is 1. The molecule has 1 aromatic rings. The summed E-state index contributed by atoms with van der Waals surface area (Å²) >= 11 is 1.88. The summed E-state index contributed by atoms with van der Waals surface area (Å²) < 4.78 is 0. The Hall–Kier alpha value is -0.480. The summed E-state index contributed by atoms with van der Waals surface area (Å²) in [4.78, 5) is 0. The van der Waals surface area contributed by atoms with E-state index in [4.69, 9.17) is 0 Å². The van der Waals surface area contributed by atoms with Gasteiger partial charge in [0.1, 0.15) is 10.0 Å². The molecular weight excluding hydrogens is 254 g/mol. The summed E-state index contributed by atoms with van der Waals surface area (Å²) in [6, 6.07) is 0. The molecule has 0 saturated heterocycles. The lowest BCUT2D eigenvalue weighted by Crippen LogP contribution is -2.48. The molecule has 4 heteroatoms. The fourth-order valence-corrected chi connectivity index (χ4v) is 6.17. The van der Waals surface area contributed by atoms with Crippen molar-refractivity contribution < 1.29 is 0 Å². The molecule has 0 aromatic carbocycles. The molecule has 104 valence electrons. The van der Waals surface area contributed by atoms with Crippen molar-refractivity contribution in [3.05, 3.63) is 10.0 Å². The molecule has 19 heavy (non-hydrogen) atoms. The number of nitrogens with zero attached hydrogens (tertiary/aromatic N) is 2. The van der Waals surface area contributed by atoms with E-state index >= 15 is 0 Å². The lowest BCUT2D eigenvalue weighted by atomic mass is 9.50. The molecule has 3 nitrogen and oxygen atoms in total. The molecule has 4 fully saturated rings. The van der Waals surface area contributed by atoms with E-state index in [1.165, 1.54) is 48.5 Å². The largest absolute Gasteiger partial charge is 0.311 e. The first-order valence-corrected chi connectivity index (χ1v) is 8.62. The van der Waals surface area contributed by atoms with Crippen LogP contribution in [0.4, 0.5) is 0 Å². The number of hydrogen-bond acceptors (Lipinski definition) is 4. The molecule has 0 radical (unpaired) electrons. The fourth-order valence-electron chi connectivity index (χ4n) is 5.14. The Morgan fingerprint density at radius 3 is 2.32 bits per heavy atom. The third-order valence-electron chi connectivity index (χ3n) is 5.48. The maximum Gasteiger partial charge on any atom is 0.131 e. The smallest absolute Gasteiger partial charge is 0.131 e. The van der Waals surface area contributed by atoms with Gasteiger partial charge in [0.2, 0.25) is 0 Å². The van der Waals surface area contributed by atoms with Gasteiger partial charge in [0.25, 0.3) is 0 Å². The highest BCUT2D eigenvalue weighted by Crippen LogP contribution is 2.60. The zero-order valence-electron chi connectivity index (χ0n) is 11.7. The maximum atomic E-state index is 4.59. The van der Waals surface area contributed by atoms with Gasteiger partial charge in [-0.3, -0.25) is 0 Å². The van der Waals surface area contributed by atoms with Crippen LogP contribution in [-0.4, -0.2) is 16.7 Å². The summed E-state index contributed by atoms with van der Waals surface area (Å²) in [5, 5.41) is 14.9. The van der Waals surface area contributed by atoms with Crippen LogP contribution in [0, 0.1) is 17.8 Å². The molecule has 0 spiro atoms. The first kappa shape index (κ1) is 12.3. The second-order valence-electron chi connectivity index (χ2n) is 6.98. The zero-order chi connectivity index (χ0) is 12.9. The van der Waals surface area contributed by atoms with Crippen LogP contribution in [0.3, 0.4) is 0 Å². The van der Waals surface area contributed by atoms with E-state index in [9.17, 15) is 0 Å². The van der Waals surface area contributed by atoms with Gasteiger partial charge in [0, 0.05) is 12.0 Å². The van der Waals surface area contributed by atoms with E-state index in [1.807, 2.05) is 11.3 Å². The Labute approximate surface area is 119 Å². The predicted octanol–water partition coefficient (Wildman–Crippen LogP) is 3.12. The molecule has 4 aliphatic rings. The Balaban J connectivity index is 1.59. The van der Waals surface area contributed by atoms with Crippen LogP contribution in [0.2, 0.25) is 0 Å². The van der Waals surface area contributed by atoms with Crippen molar-refractivity contribution in [1.82, 2.24) is 15.5 Å². The van der Waals surface area contributed by atoms with Gasteiger partial charge in [-0.05, 0) is 62.8 Å². The summed E-state index contributed by atoms with van der Waals surface area (Å²) in [6.45, 7) is 4.04. The average molecular weight is 277 g/mol. The normalized spacial score (nSPS) is 39.9. The summed E-state index contributed by atoms with van der Waals surface area (Å²) in [5.74, 6) is 2.98. The molecule has 0 unspecified atom stereocenters. The summed E-state index contributed by atoms with van der Waals surface area (Å²) in [7, 11) is 0. The Bertz CT molecular complexity index is 432. The van der Waals surface area contributed by atoms with Crippen molar-refractivity contribution in [2.45, 2.75) is 57.4 Å². The summed E-state index contributed by atoms with van der Waals surface area (Å²) in [5.41, 5.74) is 0.427. The summed E-state index contributed by atoms with van der Waals surface area (Å²) in [6.07, 6.45) is 8.70. The van der Waals surface area contributed by atoms with Gasteiger partial charge in [-0.2, -0.15) is 0 Å². The van der Waals surface area contributed by atoms with E-state index in [0.29, 0.717) is 5.41 Å². The monoisotopic (exact) mass is 277 g/mol. The van der Waals surface area contributed by atoms with E-state index in [-0.39, 0.29) is 0 Å². The highest BCUT2D eigenvalue weighted by Gasteiger charge is 2.53. The van der Waals surface area contributed by atoms with Crippen molar-refractivity contribution >= 4 is 11.3 Å². The lowest BCUT2D eigenvalue weighted by molar-refractivity contribution is -0.00555. The number of aromatic nitrogens is 2. The highest BCUT2D eigenvalue weighted by atomic mass is 32.1. The minimum atomic E-state index is 0.427. The van der Waals surface area contributed by atoms with Crippen LogP contribution in [0.15, 0.2) is 0 Å². The van der Waals surface area contributed by atoms with Crippen LogP contribution in [-0.2, 0) is 12.0 Å². The Morgan fingerprint density at radius 1 is 1.11 bits per heavy atom. The first-order chi connectivity index (χ1) is 9.27. The molecular formula is C15H23N3S. The van der Waals surface area contributed by atoms with E-state index in [2.05, 4.69) is 22.4 Å². The lowest BCUT2D eigenvalue weighted by Gasteiger charge is -2.55.